The largest absolute Gasteiger partial charge is 0.368 e. The Balaban J connectivity index is 2.35. The Morgan fingerprint density at radius 3 is 2.33 bits per heavy atom. The van der Waals surface area contributed by atoms with E-state index in [1.165, 1.54) is 18.5 Å². The van der Waals surface area contributed by atoms with Gasteiger partial charge >= 0.3 is 0 Å². The van der Waals surface area contributed by atoms with Crippen molar-refractivity contribution in [2.45, 2.75) is 32.7 Å². The number of nitrogens with one attached hydrogen (secondary N) is 1. The van der Waals surface area contributed by atoms with Crippen LogP contribution in [0.5, 0.6) is 0 Å². The van der Waals surface area contributed by atoms with Gasteiger partial charge in [0.1, 0.15) is 5.54 Å². The van der Waals surface area contributed by atoms with Gasteiger partial charge in [0.25, 0.3) is 5.56 Å². The number of amides is 2. The number of aromatic nitrogens is 2. The lowest BCUT2D eigenvalue weighted by Crippen LogP contribution is -2.53. The van der Waals surface area contributed by atoms with Crippen molar-refractivity contribution in [1.29, 1.82) is 0 Å². The summed E-state index contributed by atoms with van der Waals surface area (Å²) in [7, 11) is 1.76. The van der Waals surface area contributed by atoms with Crippen LogP contribution in [0.2, 0.25) is 0 Å². The lowest BCUT2D eigenvalue weighted by atomic mass is 10.0. The summed E-state index contributed by atoms with van der Waals surface area (Å²) in [5.74, 6) is -1.06. The van der Waals surface area contributed by atoms with Crippen LogP contribution in [0.1, 0.15) is 25.1 Å². The van der Waals surface area contributed by atoms with Gasteiger partial charge in [0, 0.05) is 18.3 Å². The van der Waals surface area contributed by atoms with E-state index >= 15 is 0 Å². The van der Waals surface area contributed by atoms with E-state index in [4.69, 9.17) is 5.73 Å². The molecule has 128 valence electrons. The first kappa shape index (κ1) is 17.5. The molecule has 0 aliphatic rings. The second-order valence-electron chi connectivity index (χ2n) is 6.25. The number of para-hydroxylation sites is 1. The van der Waals surface area contributed by atoms with Gasteiger partial charge in [-0.3, -0.25) is 19.1 Å². The van der Waals surface area contributed by atoms with Gasteiger partial charge in [-0.15, -0.1) is 0 Å². The molecule has 0 aliphatic carbocycles. The lowest BCUT2D eigenvalue weighted by molar-refractivity contribution is -0.130. The van der Waals surface area contributed by atoms with Crippen LogP contribution in [0.25, 0.3) is 5.69 Å². The number of hydrogen-bond donors (Lipinski definition) is 2. The van der Waals surface area contributed by atoms with Gasteiger partial charge in [0.05, 0.1) is 12.1 Å². The Bertz CT molecular complexity index is 832. The fourth-order valence-corrected chi connectivity index (χ4v) is 2.44. The molecule has 7 heteroatoms. The summed E-state index contributed by atoms with van der Waals surface area (Å²) in [5, 5.41) is 2.56. The number of benzene rings is 1. The van der Waals surface area contributed by atoms with Crippen molar-refractivity contribution in [2.75, 3.05) is 0 Å². The molecule has 0 saturated heterocycles. The third kappa shape index (κ3) is 3.24. The molecule has 1 aromatic carbocycles. The molecule has 0 saturated carbocycles. The molecule has 0 spiro atoms. The maximum Gasteiger partial charge on any atom is 0.275 e. The van der Waals surface area contributed by atoms with Gasteiger partial charge in [-0.2, -0.15) is 0 Å². The van der Waals surface area contributed by atoms with Crippen LogP contribution in [-0.2, 0) is 23.1 Å². The monoisotopic (exact) mass is 330 g/mol. The summed E-state index contributed by atoms with van der Waals surface area (Å²) in [6.45, 7) is 4.82. The van der Waals surface area contributed by atoms with E-state index in [-0.39, 0.29) is 12.0 Å². The minimum atomic E-state index is -1.17. The molecule has 7 nitrogen and oxygen atoms in total. The van der Waals surface area contributed by atoms with E-state index in [1.807, 2.05) is 30.3 Å². The van der Waals surface area contributed by atoms with Crippen LogP contribution in [0, 0.1) is 6.92 Å². The highest BCUT2D eigenvalue weighted by Gasteiger charge is 2.28. The van der Waals surface area contributed by atoms with E-state index in [2.05, 4.69) is 5.32 Å². The second-order valence-corrected chi connectivity index (χ2v) is 6.25. The topological polar surface area (TPSA) is 99.1 Å². The number of primary amides is 1. The van der Waals surface area contributed by atoms with Gasteiger partial charge in [0.15, 0.2) is 0 Å². The molecule has 2 aromatic rings. The predicted octanol–water partition coefficient (Wildman–Crippen LogP) is 0.407. The standard InChI is InChI=1S/C17H22N4O3/c1-11-13(10-14(22)19-17(2,3)16(18)24)15(23)21(20(11)4)12-8-6-5-7-9-12/h5-9H,10H2,1-4H3,(H2,18,24)(H,19,22). The first-order valence-corrected chi connectivity index (χ1v) is 7.59. The fourth-order valence-electron chi connectivity index (χ4n) is 2.44. The average Bonchev–Trinajstić information content (AvgIpc) is 2.71. The van der Waals surface area contributed by atoms with Gasteiger partial charge in [-0.25, -0.2) is 4.68 Å². The Morgan fingerprint density at radius 1 is 1.21 bits per heavy atom. The molecular weight excluding hydrogens is 308 g/mol. The number of nitrogens with zero attached hydrogens (tertiary/aromatic N) is 2. The van der Waals surface area contributed by atoms with Gasteiger partial charge in [-0.05, 0) is 32.9 Å². The molecule has 1 aromatic heterocycles. The molecule has 2 amide bonds. The van der Waals surface area contributed by atoms with Crippen molar-refractivity contribution >= 4 is 11.8 Å². The Hall–Kier alpha value is -2.83. The van der Waals surface area contributed by atoms with Crippen LogP contribution < -0.4 is 16.6 Å². The van der Waals surface area contributed by atoms with E-state index < -0.39 is 17.4 Å². The Morgan fingerprint density at radius 2 is 1.79 bits per heavy atom. The van der Waals surface area contributed by atoms with Crippen LogP contribution in [-0.4, -0.2) is 26.7 Å². The summed E-state index contributed by atoms with van der Waals surface area (Å²) >= 11 is 0. The summed E-state index contributed by atoms with van der Waals surface area (Å²) in [6.07, 6.45) is -0.116. The van der Waals surface area contributed by atoms with E-state index in [0.29, 0.717) is 11.3 Å². The Kier molecular flexibility index (Phi) is 4.64. The zero-order valence-corrected chi connectivity index (χ0v) is 14.3. The Labute approximate surface area is 140 Å². The summed E-state index contributed by atoms with van der Waals surface area (Å²) < 4.78 is 3.22. The summed E-state index contributed by atoms with van der Waals surface area (Å²) in [6, 6.07) is 9.18. The van der Waals surface area contributed by atoms with Crippen LogP contribution in [0.4, 0.5) is 0 Å². The third-order valence-electron chi connectivity index (χ3n) is 4.08. The maximum absolute atomic E-state index is 12.7. The molecule has 0 atom stereocenters. The average molecular weight is 330 g/mol. The van der Waals surface area contributed by atoms with Crippen molar-refractivity contribution in [3.05, 3.63) is 51.9 Å². The molecule has 0 fully saturated rings. The van der Waals surface area contributed by atoms with Crippen molar-refractivity contribution < 1.29 is 9.59 Å². The summed E-state index contributed by atoms with van der Waals surface area (Å²) in [5.41, 5.74) is 5.63. The molecule has 3 N–H and O–H groups in total. The minimum Gasteiger partial charge on any atom is -0.368 e. The quantitative estimate of drug-likeness (QED) is 0.830. The molecule has 2 rings (SSSR count). The first-order valence-electron chi connectivity index (χ1n) is 7.59. The number of carbonyl (C=O) groups excluding carboxylic acids is 2. The predicted molar refractivity (Wildman–Crippen MR) is 90.9 cm³/mol. The smallest absolute Gasteiger partial charge is 0.275 e. The molecular formula is C17H22N4O3. The highest BCUT2D eigenvalue weighted by Crippen LogP contribution is 2.11. The SMILES string of the molecule is Cc1c(CC(=O)NC(C)(C)C(N)=O)c(=O)n(-c2ccccc2)n1C. The first-order chi connectivity index (χ1) is 11.1. The zero-order chi connectivity index (χ0) is 18.1. The normalized spacial score (nSPS) is 11.3. The lowest BCUT2D eigenvalue weighted by Gasteiger charge is -2.22. The van der Waals surface area contributed by atoms with Crippen LogP contribution >= 0.6 is 0 Å². The zero-order valence-electron chi connectivity index (χ0n) is 14.3. The van der Waals surface area contributed by atoms with Gasteiger partial charge in [0.2, 0.25) is 11.8 Å². The second kappa shape index (κ2) is 6.35. The summed E-state index contributed by atoms with van der Waals surface area (Å²) in [4.78, 5) is 36.3. The van der Waals surface area contributed by atoms with Gasteiger partial charge < -0.3 is 11.1 Å². The van der Waals surface area contributed by atoms with E-state index in [1.54, 1.807) is 18.7 Å². The molecule has 24 heavy (non-hydrogen) atoms. The highest BCUT2D eigenvalue weighted by molar-refractivity contribution is 5.90. The van der Waals surface area contributed by atoms with Gasteiger partial charge in [-0.1, -0.05) is 18.2 Å². The van der Waals surface area contributed by atoms with Crippen LogP contribution in [0.3, 0.4) is 0 Å². The van der Waals surface area contributed by atoms with E-state index in [0.717, 1.165) is 5.69 Å². The number of hydrogen-bond acceptors (Lipinski definition) is 3. The molecule has 0 unspecified atom stereocenters. The number of rotatable bonds is 5. The van der Waals surface area contributed by atoms with E-state index in [9.17, 15) is 14.4 Å². The number of carbonyl (C=O) groups is 2. The fraction of sp³-hybridized carbons (Fsp3) is 0.353. The molecule has 0 bridgehead atoms. The van der Waals surface area contributed by atoms with Crippen molar-refractivity contribution in [1.82, 2.24) is 14.7 Å². The minimum absolute atomic E-state index is 0.116. The maximum atomic E-state index is 12.7. The third-order valence-corrected chi connectivity index (χ3v) is 4.08. The molecule has 0 radical (unpaired) electrons. The van der Waals surface area contributed by atoms with Crippen LogP contribution in [0.15, 0.2) is 35.1 Å². The molecule has 1 heterocycles. The van der Waals surface area contributed by atoms with Crippen molar-refractivity contribution in [2.24, 2.45) is 12.8 Å². The van der Waals surface area contributed by atoms with Crippen molar-refractivity contribution in [3.63, 3.8) is 0 Å². The van der Waals surface area contributed by atoms with Crippen molar-refractivity contribution in [3.8, 4) is 5.69 Å². The number of nitrogens with two attached hydrogens (primary N) is 1. The molecule has 0 aliphatic heterocycles. The highest BCUT2D eigenvalue weighted by atomic mass is 16.2.